The number of halogens is 1. The molecule has 0 spiro atoms. The van der Waals surface area contributed by atoms with E-state index < -0.39 is 0 Å². The summed E-state index contributed by atoms with van der Waals surface area (Å²) in [4.78, 5) is 13.6. The van der Waals surface area contributed by atoms with E-state index in [-0.39, 0.29) is 6.10 Å². The Bertz CT molecular complexity index is 510. The highest BCUT2D eigenvalue weighted by atomic mass is 35.5. The van der Waals surface area contributed by atoms with Crippen molar-refractivity contribution in [3.05, 3.63) is 16.5 Å². The third-order valence-corrected chi connectivity index (χ3v) is 4.59. The van der Waals surface area contributed by atoms with Crippen molar-refractivity contribution >= 4 is 17.4 Å². The predicted molar refractivity (Wildman–Crippen MR) is 79.5 cm³/mol. The summed E-state index contributed by atoms with van der Waals surface area (Å²) in [5, 5.41) is 0.583. The first-order valence-electron chi connectivity index (χ1n) is 7.20. The fraction of sp³-hybridized carbons (Fsp3) is 0.714. The number of aromatic nitrogens is 2. The number of likely N-dealkylation sites (N-methyl/N-ethyl adjacent to an activating group) is 1. The lowest BCUT2D eigenvalue weighted by Crippen LogP contribution is -2.48. The van der Waals surface area contributed by atoms with Crippen LogP contribution in [-0.2, 0) is 11.2 Å². The summed E-state index contributed by atoms with van der Waals surface area (Å²) in [7, 11) is 2.17. The first-order valence-corrected chi connectivity index (χ1v) is 7.57. The van der Waals surface area contributed by atoms with Crippen molar-refractivity contribution in [2.75, 3.05) is 38.2 Å². The van der Waals surface area contributed by atoms with Gasteiger partial charge in [0.1, 0.15) is 16.8 Å². The summed E-state index contributed by atoms with van der Waals surface area (Å²) in [5.74, 6) is 1.71. The molecule has 0 aliphatic carbocycles. The average molecular weight is 297 g/mol. The molecule has 0 radical (unpaired) electrons. The third-order valence-electron chi connectivity index (χ3n) is 4.28. The molecule has 2 fully saturated rings. The molecule has 6 heteroatoms. The average Bonchev–Trinajstić information content (AvgIpc) is 2.83. The Morgan fingerprint density at radius 1 is 1.35 bits per heavy atom. The second-order valence-corrected chi connectivity index (χ2v) is 5.94. The number of fused-ring (bicyclic) bond motifs is 1. The highest BCUT2D eigenvalue weighted by molar-refractivity contribution is 6.30. The molecule has 2 aliphatic heterocycles. The van der Waals surface area contributed by atoms with E-state index in [2.05, 4.69) is 33.7 Å². The van der Waals surface area contributed by atoms with E-state index in [1.807, 2.05) is 6.92 Å². The molecule has 2 aliphatic rings. The minimum Gasteiger partial charge on any atom is -0.373 e. The SMILES string of the molecule is CCc1c(Cl)nc(C)nc1N1CC2OCCN(C)C2C1. The summed E-state index contributed by atoms with van der Waals surface area (Å²) in [6.07, 6.45) is 1.12. The van der Waals surface area contributed by atoms with E-state index >= 15 is 0 Å². The smallest absolute Gasteiger partial charge is 0.138 e. The van der Waals surface area contributed by atoms with Gasteiger partial charge in [0.25, 0.3) is 0 Å². The molecule has 3 heterocycles. The number of morpholine rings is 1. The highest BCUT2D eigenvalue weighted by Gasteiger charge is 2.39. The molecule has 0 N–H and O–H groups in total. The van der Waals surface area contributed by atoms with Crippen molar-refractivity contribution in [1.82, 2.24) is 14.9 Å². The van der Waals surface area contributed by atoms with Gasteiger partial charge in [0.05, 0.1) is 18.8 Å². The second kappa shape index (κ2) is 5.47. The van der Waals surface area contributed by atoms with Crippen LogP contribution in [0.5, 0.6) is 0 Å². The predicted octanol–water partition coefficient (Wildman–Crippen LogP) is 1.52. The van der Waals surface area contributed by atoms with Crippen LogP contribution in [0.15, 0.2) is 0 Å². The van der Waals surface area contributed by atoms with Gasteiger partial charge in [0, 0.05) is 25.2 Å². The molecule has 0 bridgehead atoms. The Hall–Kier alpha value is -0.910. The van der Waals surface area contributed by atoms with Gasteiger partial charge >= 0.3 is 0 Å². The Morgan fingerprint density at radius 3 is 2.85 bits per heavy atom. The zero-order chi connectivity index (χ0) is 14.3. The van der Waals surface area contributed by atoms with Crippen LogP contribution in [0.3, 0.4) is 0 Å². The van der Waals surface area contributed by atoms with Crippen molar-refractivity contribution in [3.63, 3.8) is 0 Å². The van der Waals surface area contributed by atoms with E-state index in [0.29, 0.717) is 11.2 Å². The molecule has 0 aromatic carbocycles. The lowest BCUT2D eigenvalue weighted by molar-refractivity contribution is -0.0362. The fourth-order valence-corrected chi connectivity index (χ4v) is 3.48. The van der Waals surface area contributed by atoms with Crippen LogP contribution in [0, 0.1) is 6.92 Å². The van der Waals surface area contributed by atoms with Crippen LogP contribution >= 0.6 is 11.6 Å². The number of nitrogens with zero attached hydrogens (tertiary/aromatic N) is 4. The Labute approximate surface area is 124 Å². The van der Waals surface area contributed by atoms with Crippen LogP contribution in [-0.4, -0.2) is 60.3 Å². The fourth-order valence-electron chi connectivity index (χ4n) is 3.14. The zero-order valence-corrected chi connectivity index (χ0v) is 13.0. The first kappa shape index (κ1) is 14.0. The lowest BCUT2D eigenvalue weighted by atomic mass is 10.1. The van der Waals surface area contributed by atoms with Gasteiger partial charge in [0.2, 0.25) is 0 Å². The van der Waals surface area contributed by atoms with E-state index in [0.717, 1.165) is 49.9 Å². The van der Waals surface area contributed by atoms with Crippen LogP contribution < -0.4 is 4.90 Å². The van der Waals surface area contributed by atoms with Gasteiger partial charge in [-0.05, 0) is 20.4 Å². The van der Waals surface area contributed by atoms with Gasteiger partial charge in [-0.1, -0.05) is 18.5 Å². The largest absolute Gasteiger partial charge is 0.373 e. The van der Waals surface area contributed by atoms with Crippen molar-refractivity contribution in [3.8, 4) is 0 Å². The van der Waals surface area contributed by atoms with Crippen molar-refractivity contribution < 1.29 is 4.74 Å². The van der Waals surface area contributed by atoms with Crippen molar-refractivity contribution in [1.29, 1.82) is 0 Å². The van der Waals surface area contributed by atoms with Crippen LogP contribution in [0.2, 0.25) is 5.15 Å². The number of hydrogen-bond donors (Lipinski definition) is 0. The van der Waals surface area contributed by atoms with E-state index in [1.54, 1.807) is 0 Å². The van der Waals surface area contributed by atoms with Crippen LogP contribution in [0.4, 0.5) is 5.82 Å². The van der Waals surface area contributed by atoms with Gasteiger partial charge in [-0.25, -0.2) is 9.97 Å². The van der Waals surface area contributed by atoms with Gasteiger partial charge < -0.3 is 9.64 Å². The summed E-state index contributed by atoms with van der Waals surface area (Å²) in [6.45, 7) is 7.63. The van der Waals surface area contributed by atoms with E-state index in [1.165, 1.54) is 0 Å². The maximum atomic E-state index is 6.28. The number of aryl methyl sites for hydroxylation is 1. The first-order chi connectivity index (χ1) is 9.60. The standard InChI is InChI=1S/C14H21ClN4O/c1-4-10-13(15)16-9(2)17-14(10)19-7-11-12(8-19)20-6-5-18(11)3/h11-12H,4-8H2,1-3H3. The maximum Gasteiger partial charge on any atom is 0.138 e. The minimum atomic E-state index is 0.271. The quantitative estimate of drug-likeness (QED) is 0.774. The maximum absolute atomic E-state index is 6.28. The molecule has 1 aromatic rings. The topological polar surface area (TPSA) is 41.5 Å². The van der Waals surface area contributed by atoms with Gasteiger partial charge in [-0.2, -0.15) is 0 Å². The Balaban J connectivity index is 1.91. The molecule has 1 aromatic heterocycles. The molecular formula is C14H21ClN4O. The lowest BCUT2D eigenvalue weighted by Gasteiger charge is -2.33. The highest BCUT2D eigenvalue weighted by Crippen LogP contribution is 2.30. The Kier molecular flexibility index (Phi) is 3.84. The monoisotopic (exact) mass is 296 g/mol. The molecule has 3 rings (SSSR count). The number of rotatable bonds is 2. The van der Waals surface area contributed by atoms with Crippen LogP contribution in [0.25, 0.3) is 0 Å². The Morgan fingerprint density at radius 2 is 2.15 bits per heavy atom. The molecule has 2 unspecified atom stereocenters. The molecule has 20 heavy (non-hydrogen) atoms. The van der Waals surface area contributed by atoms with Gasteiger partial charge in [0.15, 0.2) is 0 Å². The van der Waals surface area contributed by atoms with Crippen molar-refractivity contribution in [2.45, 2.75) is 32.4 Å². The summed E-state index contributed by atoms with van der Waals surface area (Å²) in [6, 6.07) is 0.447. The van der Waals surface area contributed by atoms with E-state index in [9.17, 15) is 0 Å². The minimum absolute atomic E-state index is 0.271. The number of ether oxygens (including phenoxy) is 1. The number of hydrogen-bond acceptors (Lipinski definition) is 5. The molecule has 0 saturated carbocycles. The summed E-state index contributed by atoms with van der Waals surface area (Å²) < 4.78 is 5.90. The number of anilines is 1. The summed E-state index contributed by atoms with van der Waals surface area (Å²) in [5.41, 5.74) is 1.04. The van der Waals surface area contributed by atoms with E-state index in [4.69, 9.17) is 16.3 Å². The molecule has 0 amide bonds. The van der Waals surface area contributed by atoms with Crippen molar-refractivity contribution in [2.24, 2.45) is 0 Å². The normalized spacial score (nSPS) is 26.9. The van der Waals surface area contributed by atoms with Gasteiger partial charge in [-0.15, -0.1) is 0 Å². The summed E-state index contributed by atoms with van der Waals surface area (Å²) >= 11 is 6.28. The zero-order valence-electron chi connectivity index (χ0n) is 12.3. The molecular weight excluding hydrogens is 276 g/mol. The third kappa shape index (κ3) is 2.38. The second-order valence-electron chi connectivity index (χ2n) is 5.58. The van der Waals surface area contributed by atoms with Crippen LogP contribution in [0.1, 0.15) is 18.3 Å². The molecule has 110 valence electrons. The molecule has 2 saturated heterocycles. The molecule has 5 nitrogen and oxygen atoms in total. The van der Waals surface area contributed by atoms with Gasteiger partial charge in [-0.3, -0.25) is 4.90 Å². The molecule has 2 atom stereocenters.